The maximum Gasteiger partial charge on any atom is 0.254 e. The van der Waals surface area contributed by atoms with Gasteiger partial charge < -0.3 is 10.6 Å². The predicted molar refractivity (Wildman–Crippen MR) is 100 cm³/mol. The van der Waals surface area contributed by atoms with Crippen molar-refractivity contribution in [1.82, 2.24) is 14.9 Å². The summed E-state index contributed by atoms with van der Waals surface area (Å²) in [6.45, 7) is 2.27. The first-order chi connectivity index (χ1) is 12.6. The summed E-state index contributed by atoms with van der Waals surface area (Å²) in [5.41, 5.74) is 9.69. The molecular weight excluding hydrogens is 324 g/mol. The van der Waals surface area contributed by atoms with Crippen molar-refractivity contribution in [1.29, 1.82) is 0 Å². The summed E-state index contributed by atoms with van der Waals surface area (Å²) < 4.78 is 0. The second-order valence-electron chi connectivity index (χ2n) is 6.52. The van der Waals surface area contributed by atoms with Gasteiger partial charge in [-0.3, -0.25) is 4.79 Å². The fourth-order valence-electron chi connectivity index (χ4n) is 3.51. The van der Waals surface area contributed by atoms with Crippen LogP contribution in [0.2, 0.25) is 0 Å². The Labute approximate surface area is 152 Å². The molecular formula is C21H20N4O. The van der Waals surface area contributed by atoms with Gasteiger partial charge in [0.15, 0.2) is 0 Å². The highest BCUT2D eigenvalue weighted by Gasteiger charge is 2.37. The van der Waals surface area contributed by atoms with Gasteiger partial charge in [0, 0.05) is 11.1 Å². The van der Waals surface area contributed by atoms with Crippen LogP contribution in [0.5, 0.6) is 0 Å². The lowest BCUT2D eigenvalue weighted by Gasteiger charge is -2.25. The summed E-state index contributed by atoms with van der Waals surface area (Å²) in [6, 6.07) is 19.3. The van der Waals surface area contributed by atoms with Gasteiger partial charge in [0.25, 0.3) is 5.91 Å². The summed E-state index contributed by atoms with van der Waals surface area (Å²) in [5, 5.41) is 0. The molecule has 5 heteroatoms. The predicted octanol–water partition coefficient (Wildman–Crippen LogP) is 3.31. The lowest BCUT2D eigenvalue weighted by atomic mass is 10.0. The van der Waals surface area contributed by atoms with Crippen molar-refractivity contribution < 1.29 is 4.79 Å². The van der Waals surface area contributed by atoms with Crippen LogP contribution in [-0.4, -0.2) is 20.8 Å². The van der Waals surface area contributed by atoms with Gasteiger partial charge in [-0.05, 0) is 31.0 Å². The van der Waals surface area contributed by atoms with Gasteiger partial charge in [0.2, 0.25) is 0 Å². The van der Waals surface area contributed by atoms with Crippen molar-refractivity contribution in [3.8, 4) is 0 Å². The fourth-order valence-corrected chi connectivity index (χ4v) is 3.51. The molecule has 0 unspecified atom stereocenters. The number of aromatic nitrogens is 2. The Morgan fingerprint density at radius 2 is 1.73 bits per heavy atom. The Morgan fingerprint density at radius 3 is 2.42 bits per heavy atom. The number of hydrogen-bond donors (Lipinski definition) is 1. The van der Waals surface area contributed by atoms with Gasteiger partial charge in [-0.2, -0.15) is 0 Å². The molecule has 4 rings (SSSR count). The number of nitrogens with two attached hydrogens (primary N) is 1. The number of amides is 1. The first-order valence-electron chi connectivity index (χ1n) is 8.66. The fraction of sp³-hybridized carbons (Fsp3) is 0.190. The first-order valence-corrected chi connectivity index (χ1v) is 8.66. The average molecular weight is 344 g/mol. The van der Waals surface area contributed by atoms with Crippen molar-refractivity contribution in [2.75, 3.05) is 5.73 Å². The van der Waals surface area contributed by atoms with E-state index in [9.17, 15) is 4.79 Å². The van der Waals surface area contributed by atoms with E-state index in [1.807, 2.05) is 60.4 Å². The second-order valence-corrected chi connectivity index (χ2v) is 6.52. The number of aryl methyl sites for hydroxylation is 1. The first kappa shape index (κ1) is 16.3. The van der Waals surface area contributed by atoms with Gasteiger partial charge in [-0.1, -0.05) is 48.5 Å². The van der Waals surface area contributed by atoms with Crippen molar-refractivity contribution >= 4 is 11.7 Å². The molecule has 0 radical (unpaired) electrons. The van der Waals surface area contributed by atoms with Gasteiger partial charge in [0.1, 0.15) is 11.6 Å². The SMILES string of the molecule is Cc1nc(N)c2c(n1)[C@H](Cc1ccccc1)N(C(=O)c1ccccc1)C2. The second kappa shape index (κ2) is 6.59. The van der Waals surface area contributed by atoms with Crippen LogP contribution >= 0.6 is 0 Å². The van der Waals surface area contributed by atoms with Crippen LogP contribution in [0.4, 0.5) is 5.82 Å². The number of carbonyl (C=O) groups excluding carboxylic acids is 1. The zero-order valence-electron chi connectivity index (χ0n) is 14.6. The van der Waals surface area contributed by atoms with Crippen molar-refractivity contribution in [3.63, 3.8) is 0 Å². The topological polar surface area (TPSA) is 72.1 Å². The molecule has 1 amide bonds. The minimum atomic E-state index is -0.149. The van der Waals surface area contributed by atoms with Gasteiger partial charge in [0.05, 0.1) is 18.3 Å². The summed E-state index contributed by atoms with van der Waals surface area (Å²) in [6.07, 6.45) is 0.697. The molecule has 1 aliphatic heterocycles. The third-order valence-electron chi connectivity index (χ3n) is 4.76. The highest BCUT2D eigenvalue weighted by Crippen LogP contribution is 2.38. The Kier molecular flexibility index (Phi) is 4.13. The van der Waals surface area contributed by atoms with E-state index in [1.165, 1.54) is 0 Å². The number of fused-ring (bicyclic) bond motifs is 1. The zero-order valence-corrected chi connectivity index (χ0v) is 14.6. The van der Waals surface area contributed by atoms with Crippen LogP contribution in [0.3, 0.4) is 0 Å². The molecule has 5 nitrogen and oxygen atoms in total. The largest absolute Gasteiger partial charge is 0.383 e. The van der Waals surface area contributed by atoms with E-state index < -0.39 is 0 Å². The Morgan fingerprint density at radius 1 is 1.08 bits per heavy atom. The molecule has 3 aromatic rings. The number of rotatable bonds is 3. The monoisotopic (exact) mass is 344 g/mol. The Hall–Kier alpha value is -3.21. The number of hydrogen-bond acceptors (Lipinski definition) is 4. The minimum Gasteiger partial charge on any atom is -0.383 e. The molecule has 0 spiro atoms. The molecule has 1 atom stereocenters. The van der Waals surface area contributed by atoms with Crippen LogP contribution < -0.4 is 5.73 Å². The van der Waals surface area contributed by atoms with Crippen LogP contribution in [0.1, 0.15) is 39.0 Å². The summed E-state index contributed by atoms with van der Waals surface area (Å²) in [5.74, 6) is 1.09. The molecule has 26 heavy (non-hydrogen) atoms. The molecule has 1 aliphatic rings. The molecule has 0 saturated carbocycles. The lowest BCUT2D eigenvalue weighted by molar-refractivity contribution is 0.0689. The highest BCUT2D eigenvalue weighted by atomic mass is 16.2. The molecule has 0 aliphatic carbocycles. The maximum absolute atomic E-state index is 13.1. The van der Waals surface area contributed by atoms with Crippen LogP contribution in [0, 0.1) is 6.92 Å². The number of benzene rings is 2. The standard InChI is InChI=1S/C21H20N4O/c1-14-23-19-17(20(22)24-14)13-25(21(26)16-10-6-3-7-11-16)18(19)12-15-8-4-2-5-9-15/h2-11,18H,12-13H2,1H3,(H2,22,23,24)/t18-/m0/s1. The summed E-state index contributed by atoms with van der Waals surface area (Å²) >= 11 is 0. The van der Waals surface area contributed by atoms with Gasteiger partial charge in [-0.15, -0.1) is 0 Å². The molecule has 0 fully saturated rings. The average Bonchev–Trinajstić information content (AvgIpc) is 3.01. The van der Waals surface area contributed by atoms with Gasteiger partial charge in [-0.25, -0.2) is 9.97 Å². The highest BCUT2D eigenvalue weighted by molar-refractivity contribution is 5.95. The van der Waals surface area contributed by atoms with Crippen LogP contribution in [0.25, 0.3) is 0 Å². The molecule has 0 bridgehead atoms. The van der Waals surface area contributed by atoms with E-state index in [4.69, 9.17) is 5.73 Å². The molecule has 2 N–H and O–H groups in total. The van der Waals surface area contributed by atoms with Crippen LogP contribution in [0.15, 0.2) is 60.7 Å². The lowest BCUT2D eigenvalue weighted by Crippen LogP contribution is -2.31. The van der Waals surface area contributed by atoms with E-state index >= 15 is 0 Å². The minimum absolute atomic E-state index is 0.0124. The van der Waals surface area contributed by atoms with E-state index in [2.05, 4.69) is 22.1 Å². The number of nitrogen functional groups attached to an aromatic ring is 1. The number of nitrogens with zero attached hydrogens (tertiary/aromatic N) is 3. The van der Waals surface area contributed by atoms with Crippen molar-refractivity contribution in [2.24, 2.45) is 0 Å². The zero-order chi connectivity index (χ0) is 18.1. The normalized spacial score (nSPS) is 15.7. The van der Waals surface area contributed by atoms with E-state index in [1.54, 1.807) is 0 Å². The quantitative estimate of drug-likeness (QED) is 0.791. The van der Waals surface area contributed by atoms with Crippen LogP contribution in [-0.2, 0) is 13.0 Å². The summed E-state index contributed by atoms with van der Waals surface area (Å²) in [7, 11) is 0. The Balaban J connectivity index is 1.75. The molecule has 0 saturated heterocycles. The van der Waals surface area contributed by atoms with Crippen molar-refractivity contribution in [2.45, 2.75) is 25.9 Å². The molecule has 2 aromatic carbocycles. The van der Waals surface area contributed by atoms with E-state index in [0.29, 0.717) is 30.2 Å². The molecule has 130 valence electrons. The summed E-state index contributed by atoms with van der Waals surface area (Å²) in [4.78, 5) is 23.9. The van der Waals surface area contributed by atoms with E-state index in [-0.39, 0.29) is 11.9 Å². The number of carbonyl (C=O) groups is 1. The van der Waals surface area contributed by atoms with Crippen molar-refractivity contribution in [3.05, 3.63) is 88.9 Å². The third kappa shape index (κ3) is 2.92. The third-order valence-corrected chi connectivity index (χ3v) is 4.76. The molecule has 2 heterocycles. The maximum atomic E-state index is 13.1. The molecule has 1 aromatic heterocycles. The smallest absolute Gasteiger partial charge is 0.254 e. The van der Waals surface area contributed by atoms with E-state index in [0.717, 1.165) is 16.8 Å². The van der Waals surface area contributed by atoms with Gasteiger partial charge >= 0.3 is 0 Å². The number of anilines is 1. The Bertz CT molecular complexity index is 941.